The molecule has 2 aliphatic rings. The van der Waals surface area contributed by atoms with Gasteiger partial charge in [0, 0.05) is 12.2 Å². The molecule has 0 spiro atoms. The Morgan fingerprint density at radius 1 is 0.714 bits per heavy atom. The minimum absolute atomic E-state index is 0.583. The Bertz CT molecular complexity index is 326. The zero-order valence-corrected chi connectivity index (χ0v) is 6.76. The fraction of sp³-hybridized carbons (Fsp3) is 0. The highest BCUT2D eigenvalue weighted by atomic mass is 16.5. The lowest BCUT2D eigenvalue weighted by atomic mass is 10.4. The molecule has 6 heteroatoms. The van der Waals surface area contributed by atoms with Crippen molar-refractivity contribution < 1.29 is 28.7 Å². The second-order valence-corrected chi connectivity index (χ2v) is 2.14. The van der Waals surface area contributed by atoms with Gasteiger partial charge in [-0.15, -0.1) is 0 Å². The SMILES string of the molecule is O=C1C=COC1=O.O=C1C=COC1=O. The van der Waals surface area contributed by atoms with Crippen LogP contribution in [0.1, 0.15) is 0 Å². The first-order valence-corrected chi connectivity index (χ1v) is 3.44. The molecule has 0 aromatic carbocycles. The highest BCUT2D eigenvalue weighted by Gasteiger charge is 2.16. The van der Waals surface area contributed by atoms with Gasteiger partial charge in [-0.05, 0) is 0 Å². The molecule has 2 rings (SSSR count). The molecule has 0 radical (unpaired) electrons. The van der Waals surface area contributed by atoms with E-state index in [-0.39, 0.29) is 0 Å². The summed E-state index contributed by atoms with van der Waals surface area (Å²) in [5, 5.41) is 0. The average Bonchev–Trinajstić information content (AvgIpc) is 2.67. The Kier molecular flexibility index (Phi) is 2.90. The lowest BCUT2D eigenvalue weighted by molar-refractivity contribution is -0.145. The molecule has 6 nitrogen and oxygen atoms in total. The lowest BCUT2D eigenvalue weighted by Crippen LogP contribution is -2.04. The summed E-state index contributed by atoms with van der Waals surface area (Å²) in [6.45, 7) is 0. The molecule has 0 aromatic heterocycles. The zero-order valence-electron chi connectivity index (χ0n) is 6.76. The predicted octanol–water partition coefficient (Wildman–Crippen LogP) is -0.748. The Balaban J connectivity index is 0.000000140. The van der Waals surface area contributed by atoms with Gasteiger partial charge in [-0.25, -0.2) is 9.59 Å². The van der Waals surface area contributed by atoms with Crippen LogP contribution in [0.4, 0.5) is 0 Å². The molecule has 0 aromatic rings. The van der Waals surface area contributed by atoms with Crippen molar-refractivity contribution in [2.45, 2.75) is 0 Å². The summed E-state index contributed by atoms with van der Waals surface area (Å²) in [6.07, 6.45) is 4.32. The van der Waals surface area contributed by atoms with Crippen LogP contribution >= 0.6 is 0 Å². The number of esters is 2. The van der Waals surface area contributed by atoms with Crippen LogP contribution in [0.2, 0.25) is 0 Å². The van der Waals surface area contributed by atoms with Crippen molar-refractivity contribution in [1.82, 2.24) is 0 Å². The highest BCUT2D eigenvalue weighted by Crippen LogP contribution is 1.93. The zero-order chi connectivity index (χ0) is 10.6. The minimum Gasteiger partial charge on any atom is -0.428 e. The number of carbonyl (C=O) groups excluding carboxylic acids is 4. The number of ether oxygens (including phenoxy) is 2. The number of hydrogen-bond acceptors (Lipinski definition) is 6. The van der Waals surface area contributed by atoms with Gasteiger partial charge < -0.3 is 9.47 Å². The van der Waals surface area contributed by atoms with Gasteiger partial charge in [-0.3, -0.25) is 9.59 Å². The quantitative estimate of drug-likeness (QED) is 0.374. The summed E-state index contributed by atoms with van der Waals surface area (Å²) in [5.74, 6) is -2.75. The van der Waals surface area contributed by atoms with Crippen molar-refractivity contribution in [2.75, 3.05) is 0 Å². The maximum Gasteiger partial charge on any atom is 0.383 e. The molecular formula is C8H4O6. The highest BCUT2D eigenvalue weighted by molar-refractivity contribution is 6.40. The number of cyclic esters (lactones) is 2. The second kappa shape index (κ2) is 4.13. The standard InChI is InChI=1S/2C4H2O3/c2*5-3-1-2-7-4(3)6/h2*1-2H. The van der Waals surface area contributed by atoms with Crippen molar-refractivity contribution >= 4 is 23.5 Å². The van der Waals surface area contributed by atoms with Gasteiger partial charge in [0.1, 0.15) is 0 Å². The smallest absolute Gasteiger partial charge is 0.383 e. The third-order valence-corrected chi connectivity index (χ3v) is 1.19. The Hall–Kier alpha value is -2.24. The van der Waals surface area contributed by atoms with E-state index in [9.17, 15) is 19.2 Å². The first-order valence-electron chi connectivity index (χ1n) is 3.44. The number of rotatable bonds is 0. The number of ketones is 2. The molecule has 0 saturated carbocycles. The maximum atomic E-state index is 10.0. The van der Waals surface area contributed by atoms with Gasteiger partial charge in [0.05, 0.1) is 12.5 Å². The van der Waals surface area contributed by atoms with Gasteiger partial charge in [0.25, 0.3) is 11.6 Å². The molecule has 14 heavy (non-hydrogen) atoms. The summed E-state index contributed by atoms with van der Waals surface area (Å²) in [4.78, 5) is 39.9. The van der Waals surface area contributed by atoms with Crippen LogP contribution in [0.15, 0.2) is 24.7 Å². The summed E-state index contributed by atoms with van der Waals surface area (Å²) >= 11 is 0. The van der Waals surface area contributed by atoms with E-state index in [1.165, 1.54) is 0 Å². The Morgan fingerprint density at radius 3 is 1.14 bits per heavy atom. The fourth-order valence-corrected chi connectivity index (χ4v) is 0.567. The number of carbonyl (C=O) groups is 4. The van der Waals surface area contributed by atoms with E-state index in [1.807, 2.05) is 0 Å². The van der Waals surface area contributed by atoms with E-state index in [0.29, 0.717) is 0 Å². The third-order valence-electron chi connectivity index (χ3n) is 1.19. The topological polar surface area (TPSA) is 86.7 Å². The predicted molar refractivity (Wildman–Crippen MR) is 40.5 cm³/mol. The van der Waals surface area contributed by atoms with Gasteiger partial charge in [-0.1, -0.05) is 0 Å². The normalized spacial score (nSPS) is 17.7. The summed E-state index contributed by atoms with van der Waals surface area (Å²) in [6, 6.07) is 0. The molecule has 2 heterocycles. The first kappa shape index (κ1) is 9.85. The maximum absolute atomic E-state index is 10.0. The van der Waals surface area contributed by atoms with E-state index in [2.05, 4.69) is 9.47 Å². The lowest BCUT2D eigenvalue weighted by Gasteiger charge is -1.77. The monoisotopic (exact) mass is 196 g/mol. The van der Waals surface area contributed by atoms with Crippen molar-refractivity contribution in [2.24, 2.45) is 0 Å². The summed E-state index contributed by atoms with van der Waals surface area (Å²) < 4.78 is 8.19. The number of hydrogen-bond donors (Lipinski definition) is 0. The van der Waals surface area contributed by atoms with Crippen LogP contribution in [0, 0.1) is 0 Å². The van der Waals surface area contributed by atoms with E-state index < -0.39 is 23.5 Å². The largest absolute Gasteiger partial charge is 0.428 e. The molecular weight excluding hydrogens is 192 g/mol. The molecule has 0 N–H and O–H groups in total. The average molecular weight is 196 g/mol. The summed E-state index contributed by atoms with van der Waals surface area (Å²) in [5.41, 5.74) is 0. The van der Waals surface area contributed by atoms with Gasteiger partial charge in [0.2, 0.25) is 0 Å². The van der Waals surface area contributed by atoms with Crippen LogP contribution in [-0.4, -0.2) is 23.5 Å². The molecule has 72 valence electrons. The Morgan fingerprint density at radius 2 is 1.07 bits per heavy atom. The van der Waals surface area contributed by atoms with Crippen LogP contribution in [0.3, 0.4) is 0 Å². The van der Waals surface area contributed by atoms with E-state index in [0.717, 1.165) is 24.7 Å². The van der Waals surface area contributed by atoms with Crippen LogP contribution in [-0.2, 0) is 28.7 Å². The molecule has 0 unspecified atom stereocenters. The second-order valence-electron chi connectivity index (χ2n) is 2.14. The molecule has 0 atom stereocenters. The molecule has 0 amide bonds. The van der Waals surface area contributed by atoms with E-state index in [4.69, 9.17) is 0 Å². The van der Waals surface area contributed by atoms with Crippen molar-refractivity contribution in [1.29, 1.82) is 0 Å². The molecule has 2 aliphatic heterocycles. The van der Waals surface area contributed by atoms with E-state index >= 15 is 0 Å². The minimum atomic E-state index is -0.792. The Labute approximate surface area is 77.8 Å². The summed E-state index contributed by atoms with van der Waals surface area (Å²) in [7, 11) is 0. The molecule has 0 fully saturated rings. The van der Waals surface area contributed by atoms with Gasteiger partial charge >= 0.3 is 11.9 Å². The third kappa shape index (κ3) is 2.37. The molecule has 0 bridgehead atoms. The van der Waals surface area contributed by atoms with Crippen LogP contribution in [0.5, 0.6) is 0 Å². The van der Waals surface area contributed by atoms with Crippen LogP contribution < -0.4 is 0 Å². The fourth-order valence-electron chi connectivity index (χ4n) is 0.567. The van der Waals surface area contributed by atoms with Gasteiger partial charge in [0.15, 0.2) is 0 Å². The molecule has 0 aliphatic carbocycles. The van der Waals surface area contributed by atoms with Crippen molar-refractivity contribution in [3.05, 3.63) is 24.7 Å². The first-order chi connectivity index (χ1) is 6.61. The van der Waals surface area contributed by atoms with E-state index in [1.54, 1.807) is 0 Å². The molecule has 0 saturated heterocycles. The van der Waals surface area contributed by atoms with Gasteiger partial charge in [-0.2, -0.15) is 0 Å². The van der Waals surface area contributed by atoms with Crippen molar-refractivity contribution in [3.8, 4) is 0 Å². The van der Waals surface area contributed by atoms with Crippen molar-refractivity contribution in [3.63, 3.8) is 0 Å². The van der Waals surface area contributed by atoms with Crippen LogP contribution in [0.25, 0.3) is 0 Å².